The van der Waals surface area contributed by atoms with Crippen LogP contribution in [0.3, 0.4) is 0 Å². The van der Waals surface area contributed by atoms with Crippen LogP contribution in [0, 0.1) is 6.92 Å². The van der Waals surface area contributed by atoms with Gasteiger partial charge in [-0.1, -0.05) is 36.4 Å². The van der Waals surface area contributed by atoms with E-state index in [2.05, 4.69) is 9.62 Å². The minimum atomic E-state index is -3.64. The Bertz CT molecular complexity index is 886. The second-order valence-corrected chi connectivity index (χ2v) is 8.00. The van der Waals surface area contributed by atoms with Gasteiger partial charge in [0.05, 0.1) is 4.90 Å². The summed E-state index contributed by atoms with van der Waals surface area (Å²) in [6.07, 6.45) is 4.84. The first-order valence-electron chi connectivity index (χ1n) is 7.94. The summed E-state index contributed by atoms with van der Waals surface area (Å²) in [5.41, 5.74) is 3.42. The molecule has 0 bridgehead atoms. The van der Waals surface area contributed by atoms with Crippen molar-refractivity contribution in [1.29, 1.82) is 0 Å². The quantitative estimate of drug-likeness (QED) is 0.919. The van der Waals surface area contributed by atoms with Gasteiger partial charge < -0.3 is 4.90 Å². The third-order valence-electron chi connectivity index (χ3n) is 4.29. The van der Waals surface area contributed by atoms with E-state index >= 15 is 0 Å². The van der Waals surface area contributed by atoms with E-state index in [9.17, 15) is 8.42 Å². The van der Waals surface area contributed by atoms with Crippen molar-refractivity contribution in [1.82, 2.24) is 4.90 Å². The number of nitrogens with one attached hydrogen (secondary N) is 1. The lowest BCUT2D eigenvalue weighted by atomic mass is 9.92. The van der Waals surface area contributed by atoms with Crippen LogP contribution in [0.15, 0.2) is 53.4 Å². The zero-order chi connectivity index (χ0) is 17.3. The topological polar surface area (TPSA) is 49.4 Å². The van der Waals surface area contributed by atoms with E-state index in [1.807, 2.05) is 63.5 Å². The molecule has 2 aromatic rings. The molecule has 2 aromatic carbocycles. The molecule has 0 saturated carbocycles. The van der Waals surface area contributed by atoms with Crippen LogP contribution in [0.1, 0.15) is 29.2 Å². The van der Waals surface area contributed by atoms with Crippen molar-refractivity contribution in [2.24, 2.45) is 0 Å². The summed E-state index contributed by atoms with van der Waals surface area (Å²) in [6, 6.07) is 13.1. The van der Waals surface area contributed by atoms with Gasteiger partial charge in [0.1, 0.15) is 0 Å². The first-order valence-corrected chi connectivity index (χ1v) is 9.42. The van der Waals surface area contributed by atoms with E-state index in [-0.39, 0.29) is 6.04 Å². The van der Waals surface area contributed by atoms with Gasteiger partial charge in [-0.05, 0) is 62.3 Å². The van der Waals surface area contributed by atoms with E-state index in [0.717, 1.165) is 23.1 Å². The number of aryl methyl sites for hydroxylation is 1. The largest absolute Gasteiger partial charge is 0.302 e. The van der Waals surface area contributed by atoms with Crippen molar-refractivity contribution in [3.63, 3.8) is 0 Å². The Balaban J connectivity index is 2.04. The monoisotopic (exact) mass is 342 g/mol. The molecular weight excluding hydrogens is 320 g/mol. The van der Waals surface area contributed by atoms with Crippen molar-refractivity contribution >= 4 is 21.8 Å². The van der Waals surface area contributed by atoms with Gasteiger partial charge in [-0.2, -0.15) is 0 Å². The fourth-order valence-electron chi connectivity index (χ4n) is 3.11. The van der Waals surface area contributed by atoms with Gasteiger partial charge in [0.2, 0.25) is 0 Å². The Labute approximate surface area is 143 Å². The molecule has 3 rings (SSSR count). The van der Waals surface area contributed by atoms with E-state index in [1.165, 1.54) is 0 Å². The molecule has 0 heterocycles. The average molecular weight is 342 g/mol. The lowest BCUT2D eigenvalue weighted by Crippen LogP contribution is -2.23. The molecule has 5 heteroatoms. The van der Waals surface area contributed by atoms with Gasteiger partial charge in [0.25, 0.3) is 10.0 Å². The number of hydrogen-bond acceptors (Lipinski definition) is 3. The number of hydrogen-bond donors (Lipinski definition) is 1. The maximum Gasteiger partial charge on any atom is 0.262 e. The number of anilines is 1. The van der Waals surface area contributed by atoms with Gasteiger partial charge in [-0.25, -0.2) is 8.42 Å². The summed E-state index contributed by atoms with van der Waals surface area (Å²) in [6.45, 7) is 1.94. The van der Waals surface area contributed by atoms with E-state index in [4.69, 9.17) is 0 Å². The minimum Gasteiger partial charge on any atom is -0.302 e. The van der Waals surface area contributed by atoms with Gasteiger partial charge in [0.15, 0.2) is 0 Å². The van der Waals surface area contributed by atoms with Crippen LogP contribution >= 0.6 is 0 Å². The second kappa shape index (κ2) is 6.42. The molecule has 126 valence electrons. The summed E-state index contributed by atoms with van der Waals surface area (Å²) in [5.74, 6) is 0. The molecule has 0 fully saturated rings. The van der Waals surface area contributed by atoms with Crippen LogP contribution in [-0.4, -0.2) is 27.4 Å². The highest BCUT2D eigenvalue weighted by atomic mass is 32.2. The standard InChI is InChI=1S/C19H22N2O2S/c1-14-7-4-8-15(13-14)20-24(22,23)19-12-6-9-16-17(19)10-5-11-18(16)21(2)3/h4-10,12-13,18,20H,11H2,1-3H3. The van der Waals surface area contributed by atoms with Crippen LogP contribution in [0.4, 0.5) is 5.69 Å². The molecule has 0 aromatic heterocycles. The Kier molecular flexibility index (Phi) is 4.47. The molecule has 0 aliphatic heterocycles. The van der Waals surface area contributed by atoms with Crippen LogP contribution in [-0.2, 0) is 10.0 Å². The first kappa shape index (κ1) is 16.7. The van der Waals surface area contributed by atoms with Crippen molar-refractivity contribution in [2.45, 2.75) is 24.3 Å². The summed E-state index contributed by atoms with van der Waals surface area (Å²) >= 11 is 0. The van der Waals surface area contributed by atoms with E-state index in [1.54, 1.807) is 12.1 Å². The van der Waals surface area contributed by atoms with Crippen LogP contribution in [0.5, 0.6) is 0 Å². The van der Waals surface area contributed by atoms with Gasteiger partial charge in [-0.3, -0.25) is 4.72 Å². The SMILES string of the molecule is Cc1cccc(NS(=O)(=O)c2cccc3c2C=CCC3N(C)C)c1. The van der Waals surface area contributed by atoms with E-state index < -0.39 is 10.0 Å². The van der Waals surface area contributed by atoms with Crippen molar-refractivity contribution < 1.29 is 8.42 Å². The van der Waals surface area contributed by atoms with Crippen LogP contribution in [0.25, 0.3) is 6.08 Å². The molecule has 0 radical (unpaired) electrons. The fraction of sp³-hybridized carbons (Fsp3) is 0.263. The molecular formula is C19H22N2O2S. The number of rotatable bonds is 4. The highest BCUT2D eigenvalue weighted by molar-refractivity contribution is 7.92. The summed E-state index contributed by atoms with van der Waals surface area (Å²) < 4.78 is 28.5. The Morgan fingerprint density at radius 3 is 2.58 bits per heavy atom. The molecule has 1 aliphatic rings. The Hall–Kier alpha value is -2.11. The Morgan fingerprint density at radius 1 is 1.12 bits per heavy atom. The predicted octanol–water partition coefficient (Wildman–Crippen LogP) is 3.82. The number of nitrogens with zero attached hydrogens (tertiary/aromatic N) is 1. The molecule has 0 amide bonds. The number of sulfonamides is 1. The number of fused-ring (bicyclic) bond motifs is 1. The molecule has 1 N–H and O–H groups in total. The second-order valence-electron chi connectivity index (χ2n) is 6.35. The zero-order valence-electron chi connectivity index (χ0n) is 14.2. The Morgan fingerprint density at radius 2 is 1.88 bits per heavy atom. The van der Waals surface area contributed by atoms with Crippen molar-refractivity contribution in [3.8, 4) is 0 Å². The first-order chi connectivity index (χ1) is 11.4. The smallest absolute Gasteiger partial charge is 0.262 e. The normalized spacial score (nSPS) is 16.9. The summed E-state index contributed by atoms with van der Waals surface area (Å²) in [5, 5.41) is 0. The predicted molar refractivity (Wildman–Crippen MR) is 98.5 cm³/mol. The molecule has 1 unspecified atom stereocenters. The van der Waals surface area contributed by atoms with Crippen molar-refractivity contribution in [3.05, 3.63) is 65.2 Å². The van der Waals surface area contributed by atoms with E-state index in [0.29, 0.717) is 10.6 Å². The summed E-state index contributed by atoms with van der Waals surface area (Å²) in [4.78, 5) is 2.44. The van der Waals surface area contributed by atoms with Gasteiger partial charge in [-0.15, -0.1) is 0 Å². The third kappa shape index (κ3) is 3.23. The van der Waals surface area contributed by atoms with Crippen LogP contribution < -0.4 is 4.72 Å². The number of benzene rings is 2. The fourth-order valence-corrected chi connectivity index (χ4v) is 4.39. The minimum absolute atomic E-state index is 0.194. The zero-order valence-corrected chi connectivity index (χ0v) is 15.0. The lowest BCUT2D eigenvalue weighted by Gasteiger charge is -2.29. The van der Waals surface area contributed by atoms with Gasteiger partial charge >= 0.3 is 0 Å². The maximum atomic E-state index is 12.9. The molecule has 24 heavy (non-hydrogen) atoms. The van der Waals surface area contributed by atoms with Crippen LogP contribution in [0.2, 0.25) is 0 Å². The highest BCUT2D eigenvalue weighted by Crippen LogP contribution is 2.35. The lowest BCUT2D eigenvalue weighted by molar-refractivity contribution is 0.299. The molecule has 4 nitrogen and oxygen atoms in total. The molecule has 0 saturated heterocycles. The summed E-state index contributed by atoms with van der Waals surface area (Å²) in [7, 11) is 0.387. The molecule has 0 spiro atoms. The maximum absolute atomic E-state index is 12.9. The average Bonchev–Trinajstić information content (AvgIpc) is 2.53. The highest BCUT2D eigenvalue weighted by Gasteiger charge is 2.25. The molecule has 1 aliphatic carbocycles. The third-order valence-corrected chi connectivity index (χ3v) is 5.73. The van der Waals surface area contributed by atoms with Crippen molar-refractivity contribution in [2.75, 3.05) is 18.8 Å². The van der Waals surface area contributed by atoms with Gasteiger partial charge in [0, 0.05) is 11.7 Å². The molecule has 1 atom stereocenters.